The Balaban J connectivity index is 1.85. The van der Waals surface area contributed by atoms with Gasteiger partial charge in [0.15, 0.2) is 0 Å². The zero-order valence-corrected chi connectivity index (χ0v) is 18.2. The first-order chi connectivity index (χ1) is 13.4. The molecule has 0 saturated heterocycles. The summed E-state index contributed by atoms with van der Waals surface area (Å²) in [6.07, 6.45) is 2.03. The summed E-state index contributed by atoms with van der Waals surface area (Å²) in [4.78, 5) is 12.5. The Hall–Kier alpha value is -1.91. The van der Waals surface area contributed by atoms with E-state index in [0.717, 1.165) is 6.42 Å². The Bertz CT molecular complexity index is 788. The molecule has 4 atom stereocenters. The number of hydrogen-bond donors (Lipinski definition) is 0. The molecule has 3 nitrogen and oxygen atoms in total. The van der Waals surface area contributed by atoms with E-state index in [1.54, 1.807) is 0 Å². The Morgan fingerprint density at radius 2 is 1.46 bits per heavy atom. The highest BCUT2D eigenvalue weighted by molar-refractivity contribution is 6.99. The molecule has 0 amide bonds. The van der Waals surface area contributed by atoms with Gasteiger partial charge in [-0.15, -0.1) is 0 Å². The van der Waals surface area contributed by atoms with Gasteiger partial charge in [-0.2, -0.15) is 0 Å². The van der Waals surface area contributed by atoms with Crippen LogP contribution in [-0.2, 0) is 14.0 Å². The first-order valence-electron chi connectivity index (χ1n) is 10.2. The molecule has 28 heavy (non-hydrogen) atoms. The molecule has 0 radical (unpaired) electrons. The minimum Gasteiger partial charge on any atom is -0.469 e. The molecule has 0 spiro atoms. The summed E-state index contributed by atoms with van der Waals surface area (Å²) >= 11 is 0. The van der Waals surface area contributed by atoms with E-state index in [4.69, 9.17) is 9.16 Å². The van der Waals surface area contributed by atoms with Crippen molar-refractivity contribution in [3.63, 3.8) is 0 Å². The number of fused-ring (bicyclic) bond motifs is 1. The van der Waals surface area contributed by atoms with E-state index in [1.165, 1.54) is 23.9 Å². The first kappa shape index (κ1) is 19.4. The van der Waals surface area contributed by atoms with Crippen molar-refractivity contribution in [3.05, 3.63) is 60.7 Å². The van der Waals surface area contributed by atoms with Crippen molar-refractivity contribution in [2.75, 3.05) is 7.11 Å². The highest BCUT2D eigenvalue weighted by atomic mass is 28.4. The number of carbonyl (C=O) groups excluding carboxylic acids is 1. The summed E-state index contributed by atoms with van der Waals surface area (Å²) < 4.78 is 12.4. The number of rotatable bonds is 5. The predicted molar refractivity (Wildman–Crippen MR) is 114 cm³/mol. The average Bonchev–Trinajstić information content (AvgIpc) is 3.39. The van der Waals surface area contributed by atoms with E-state index < -0.39 is 8.32 Å². The summed E-state index contributed by atoms with van der Waals surface area (Å²) in [5.74, 6) is 0.851. The number of esters is 1. The Morgan fingerprint density at radius 1 is 0.929 bits per heavy atom. The zero-order chi connectivity index (χ0) is 19.9. The van der Waals surface area contributed by atoms with Crippen molar-refractivity contribution in [1.29, 1.82) is 0 Å². The van der Waals surface area contributed by atoms with Gasteiger partial charge in [0, 0.05) is 0 Å². The number of carbonyl (C=O) groups is 1. The monoisotopic (exact) mass is 394 g/mol. The lowest BCUT2D eigenvalue weighted by molar-refractivity contribution is -0.148. The van der Waals surface area contributed by atoms with Crippen LogP contribution >= 0.6 is 0 Å². The van der Waals surface area contributed by atoms with Gasteiger partial charge < -0.3 is 9.16 Å². The van der Waals surface area contributed by atoms with Crippen LogP contribution in [-0.4, -0.2) is 27.5 Å². The van der Waals surface area contributed by atoms with Crippen LogP contribution in [0.1, 0.15) is 33.6 Å². The SMILES string of the molecule is COC(=O)[C@@H]1CC2CC2[C@@H]1O[Si](c1ccccc1)(c1ccccc1)C(C)(C)C. The number of benzene rings is 2. The number of methoxy groups -OCH3 is 1. The molecule has 0 heterocycles. The summed E-state index contributed by atoms with van der Waals surface area (Å²) in [6.45, 7) is 6.85. The molecular formula is C24H30O3Si. The molecule has 2 unspecified atom stereocenters. The normalized spacial score (nSPS) is 26.6. The van der Waals surface area contributed by atoms with Crippen LogP contribution < -0.4 is 10.4 Å². The molecule has 0 aliphatic heterocycles. The number of ether oxygens (including phenoxy) is 1. The molecule has 148 valence electrons. The van der Waals surface area contributed by atoms with Crippen molar-refractivity contribution >= 4 is 24.7 Å². The lowest BCUT2D eigenvalue weighted by atomic mass is 10.0. The van der Waals surface area contributed by atoms with Crippen LogP contribution in [0.3, 0.4) is 0 Å². The largest absolute Gasteiger partial charge is 0.469 e. The van der Waals surface area contributed by atoms with Crippen molar-refractivity contribution in [1.82, 2.24) is 0 Å². The quantitative estimate of drug-likeness (QED) is 0.572. The highest BCUT2D eigenvalue weighted by Crippen LogP contribution is 2.57. The van der Waals surface area contributed by atoms with E-state index in [0.29, 0.717) is 11.8 Å². The molecule has 0 N–H and O–H groups in total. The second-order valence-corrected chi connectivity index (χ2v) is 13.5. The van der Waals surface area contributed by atoms with Crippen molar-refractivity contribution in [2.24, 2.45) is 17.8 Å². The van der Waals surface area contributed by atoms with Gasteiger partial charge in [-0.25, -0.2) is 0 Å². The van der Waals surface area contributed by atoms with Gasteiger partial charge >= 0.3 is 5.97 Å². The molecule has 2 aliphatic rings. The fraction of sp³-hybridized carbons (Fsp3) is 0.458. The molecule has 4 rings (SSSR count). The maximum Gasteiger partial charge on any atom is 0.311 e. The van der Waals surface area contributed by atoms with E-state index >= 15 is 0 Å². The second-order valence-electron chi connectivity index (χ2n) is 9.27. The van der Waals surface area contributed by atoms with Crippen molar-refractivity contribution in [2.45, 2.75) is 44.8 Å². The van der Waals surface area contributed by atoms with Gasteiger partial charge in [0.1, 0.15) is 0 Å². The average molecular weight is 395 g/mol. The topological polar surface area (TPSA) is 35.5 Å². The van der Waals surface area contributed by atoms with Crippen LogP contribution in [0.5, 0.6) is 0 Å². The molecule has 0 bridgehead atoms. The fourth-order valence-corrected chi connectivity index (χ4v) is 9.91. The Morgan fingerprint density at radius 3 is 1.93 bits per heavy atom. The molecule has 0 aromatic heterocycles. The maximum atomic E-state index is 12.5. The third-order valence-electron chi connectivity index (χ3n) is 6.59. The van der Waals surface area contributed by atoms with E-state index in [-0.39, 0.29) is 23.0 Å². The molecule has 2 fully saturated rings. The van der Waals surface area contributed by atoms with Crippen LogP contribution in [0.4, 0.5) is 0 Å². The van der Waals surface area contributed by atoms with Gasteiger partial charge in [0.2, 0.25) is 0 Å². The first-order valence-corrected chi connectivity index (χ1v) is 12.2. The van der Waals surface area contributed by atoms with E-state index in [2.05, 4.69) is 81.4 Å². The maximum absolute atomic E-state index is 12.5. The van der Waals surface area contributed by atoms with Gasteiger partial charge in [-0.1, -0.05) is 81.4 Å². The Labute approximate surface area is 169 Å². The van der Waals surface area contributed by atoms with E-state index in [9.17, 15) is 4.79 Å². The van der Waals surface area contributed by atoms with E-state index in [1.807, 2.05) is 0 Å². The van der Waals surface area contributed by atoms with Gasteiger partial charge in [-0.05, 0) is 40.1 Å². The summed E-state index contributed by atoms with van der Waals surface area (Å²) in [5.41, 5.74) is 0. The molecule has 4 heteroatoms. The smallest absolute Gasteiger partial charge is 0.311 e. The third kappa shape index (κ3) is 3.13. The van der Waals surface area contributed by atoms with Crippen LogP contribution in [0.2, 0.25) is 5.04 Å². The standard InChI is InChI=1S/C24H30O3Si/c1-24(2,3)28(18-11-7-5-8-12-18,19-13-9-6-10-14-19)27-22-20-15-17(20)16-21(22)23(25)26-4/h5-14,17,20-22H,15-16H2,1-4H3/t17?,20?,21-,22+/m1/s1. The lowest BCUT2D eigenvalue weighted by Gasteiger charge is -2.45. The molecule has 2 saturated carbocycles. The van der Waals surface area contributed by atoms with Gasteiger partial charge in [0.25, 0.3) is 8.32 Å². The predicted octanol–water partition coefficient (Wildman–Crippen LogP) is 3.76. The van der Waals surface area contributed by atoms with Gasteiger partial charge in [-0.3, -0.25) is 4.79 Å². The number of hydrogen-bond acceptors (Lipinski definition) is 3. The van der Waals surface area contributed by atoms with Crippen molar-refractivity contribution < 1.29 is 14.0 Å². The minimum absolute atomic E-state index is 0.0521. The Kier molecular flexibility index (Phi) is 4.96. The summed E-state index contributed by atoms with van der Waals surface area (Å²) in [5, 5.41) is 2.45. The fourth-order valence-electron chi connectivity index (χ4n) is 5.15. The van der Waals surface area contributed by atoms with Gasteiger partial charge in [0.05, 0.1) is 19.1 Å². The minimum atomic E-state index is -2.64. The highest BCUT2D eigenvalue weighted by Gasteiger charge is 2.61. The molecular weight excluding hydrogens is 364 g/mol. The summed E-state index contributed by atoms with van der Waals surface area (Å²) in [7, 11) is -1.15. The lowest BCUT2D eigenvalue weighted by Crippen LogP contribution is -2.68. The second kappa shape index (κ2) is 7.16. The molecule has 2 aliphatic carbocycles. The van der Waals surface area contributed by atoms with Crippen molar-refractivity contribution in [3.8, 4) is 0 Å². The van der Waals surface area contributed by atoms with Crippen LogP contribution in [0, 0.1) is 17.8 Å². The molecule has 2 aromatic carbocycles. The van der Waals surface area contributed by atoms with Crippen LogP contribution in [0.15, 0.2) is 60.7 Å². The van der Waals surface area contributed by atoms with Crippen LogP contribution in [0.25, 0.3) is 0 Å². The molecule has 2 aromatic rings. The third-order valence-corrected chi connectivity index (χ3v) is 11.6. The summed E-state index contributed by atoms with van der Waals surface area (Å²) in [6, 6.07) is 21.3. The zero-order valence-electron chi connectivity index (χ0n) is 17.2.